The van der Waals surface area contributed by atoms with Crippen LogP contribution in [0, 0.1) is 0 Å². The molecular formula is C15H27N3O3S. The van der Waals surface area contributed by atoms with Crippen molar-refractivity contribution < 1.29 is 13.2 Å². The number of rotatable bonds is 4. The Balaban J connectivity index is 1.52. The smallest absolute Gasteiger partial charge is 0.237 e. The van der Waals surface area contributed by atoms with E-state index in [4.69, 9.17) is 0 Å². The summed E-state index contributed by atoms with van der Waals surface area (Å²) in [5.41, 5.74) is 0. The minimum absolute atomic E-state index is 0.190. The van der Waals surface area contributed by atoms with Gasteiger partial charge >= 0.3 is 0 Å². The molecular weight excluding hydrogens is 302 g/mol. The van der Waals surface area contributed by atoms with Crippen LogP contribution in [-0.4, -0.2) is 80.4 Å². The second-order valence-electron chi connectivity index (χ2n) is 6.78. The Hall–Kier alpha value is -0.660. The zero-order valence-electron chi connectivity index (χ0n) is 13.2. The maximum absolute atomic E-state index is 12.4. The van der Waals surface area contributed by atoms with Crippen LogP contribution >= 0.6 is 0 Å². The van der Waals surface area contributed by atoms with Crippen molar-refractivity contribution in [3.05, 3.63) is 0 Å². The summed E-state index contributed by atoms with van der Waals surface area (Å²) in [5.74, 6) is -0.476. The Morgan fingerprint density at radius 2 is 1.73 bits per heavy atom. The summed E-state index contributed by atoms with van der Waals surface area (Å²) in [5, 5.41) is 3.06. The first kappa shape index (κ1) is 16.2. The number of hydrogen-bond acceptors (Lipinski definition) is 5. The molecule has 1 amide bonds. The topological polar surface area (TPSA) is 69.7 Å². The van der Waals surface area contributed by atoms with Crippen molar-refractivity contribution in [2.24, 2.45) is 0 Å². The first-order valence-corrected chi connectivity index (χ1v) is 10.2. The van der Waals surface area contributed by atoms with Gasteiger partial charge in [0.2, 0.25) is 5.91 Å². The molecule has 0 aromatic rings. The highest BCUT2D eigenvalue weighted by molar-refractivity contribution is 7.92. The number of piperazine rings is 1. The third-order valence-electron chi connectivity index (χ3n) is 5.32. The molecule has 0 aromatic heterocycles. The summed E-state index contributed by atoms with van der Waals surface area (Å²) >= 11 is 0. The van der Waals surface area contributed by atoms with Gasteiger partial charge in [-0.2, -0.15) is 0 Å². The van der Waals surface area contributed by atoms with E-state index in [1.54, 1.807) is 4.90 Å². The van der Waals surface area contributed by atoms with Gasteiger partial charge in [-0.3, -0.25) is 9.69 Å². The van der Waals surface area contributed by atoms with Crippen LogP contribution in [0.2, 0.25) is 0 Å². The van der Waals surface area contributed by atoms with E-state index in [9.17, 15) is 13.2 Å². The first-order valence-electron chi connectivity index (χ1n) is 8.50. The lowest BCUT2D eigenvalue weighted by molar-refractivity contribution is -0.127. The fourth-order valence-corrected chi connectivity index (χ4v) is 5.76. The summed E-state index contributed by atoms with van der Waals surface area (Å²) < 4.78 is 24.6. The fraction of sp³-hybridized carbons (Fsp3) is 0.933. The van der Waals surface area contributed by atoms with Gasteiger partial charge in [0.25, 0.3) is 0 Å². The van der Waals surface area contributed by atoms with Crippen molar-refractivity contribution in [1.29, 1.82) is 0 Å². The highest BCUT2D eigenvalue weighted by Gasteiger charge is 2.35. The van der Waals surface area contributed by atoms with Gasteiger partial charge in [0, 0.05) is 45.3 Å². The number of nitrogens with one attached hydrogen (secondary N) is 1. The lowest BCUT2D eigenvalue weighted by Crippen LogP contribution is -2.49. The largest absolute Gasteiger partial charge is 0.340 e. The van der Waals surface area contributed by atoms with Gasteiger partial charge in [-0.05, 0) is 19.3 Å². The molecule has 1 N–H and O–H groups in total. The molecule has 3 rings (SSSR count). The van der Waals surface area contributed by atoms with E-state index in [1.165, 1.54) is 0 Å². The van der Waals surface area contributed by atoms with Gasteiger partial charge in [0.05, 0.1) is 5.25 Å². The molecule has 0 bridgehead atoms. The maximum atomic E-state index is 12.4. The second-order valence-corrected chi connectivity index (χ2v) is 9.06. The Labute approximate surface area is 133 Å². The average Bonchev–Trinajstić information content (AvgIpc) is 3.20. The van der Waals surface area contributed by atoms with Crippen molar-refractivity contribution in [1.82, 2.24) is 15.1 Å². The Morgan fingerprint density at radius 1 is 1.05 bits per heavy atom. The number of nitrogens with zero attached hydrogens (tertiary/aromatic N) is 2. The van der Waals surface area contributed by atoms with Crippen molar-refractivity contribution in [2.75, 3.05) is 45.0 Å². The minimum Gasteiger partial charge on any atom is -0.340 e. The van der Waals surface area contributed by atoms with E-state index in [0.717, 1.165) is 58.3 Å². The van der Waals surface area contributed by atoms with Gasteiger partial charge in [-0.1, -0.05) is 12.8 Å². The predicted molar refractivity (Wildman–Crippen MR) is 85.5 cm³/mol. The molecule has 7 heteroatoms. The van der Waals surface area contributed by atoms with Gasteiger partial charge < -0.3 is 10.2 Å². The quantitative estimate of drug-likeness (QED) is 0.777. The van der Waals surface area contributed by atoms with Crippen LogP contribution in [0.25, 0.3) is 0 Å². The Kier molecular flexibility index (Phi) is 5.04. The van der Waals surface area contributed by atoms with Crippen LogP contribution in [-0.2, 0) is 14.6 Å². The molecule has 0 spiro atoms. The van der Waals surface area contributed by atoms with E-state index in [-0.39, 0.29) is 16.9 Å². The van der Waals surface area contributed by atoms with Crippen LogP contribution < -0.4 is 5.32 Å². The van der Waals surface area contributed by atoms with Crippen LogP contribution in [0.4, 0.5) is 0 Å². The number of carbonyl (C=O) groups excluding carboxylic acids is 1. The molecule has 22 heavy (non-hydrogen) atoms. The lowest BCUT2D eigenvalue weighted by atomic mass is 10.2. The summed E-state index contributed by atoms with van der Waals surface area (Å²) in [4.78, 5) is 16.6. The SMILES string of the molecule is O=C(CS(=O)(=O)C1CCCC1)N1CCC(N2CCNCC2)C1. The summed E-state index contributed by atoms with van der Waals surface area (Å²) in [7, 11) is -3.25. The molecule has 1 atom stereocenters. The van der Waals surface area contributed by atoms with Crippen LogP contribution in [0.1, 0.15) is 32.1 Å². The Morgan fingerprint density at radius 3 is 2.41 bits per heavy atom. The number of likely N-dealkylation sites (tertiary alicyclic amines) is 1. The minimum atomic E-state index is -3.25. The van der Waals surface area contributed by atoms with Crippen molar-refractivity contribution in [2.45, 2.75) is 43.4 Å². The molecule has 2 saturated heterocycles. The van der Waals surface area contributed by atoms with Crippen molar-refractivity contribution in [3.8, 4) is 0 Å². The van der Waals surface area contributed by atoms with Gasteiger partial charge in [0.15, 0.2) is 9.84 Å². The average molecular weight is 329 g/mol. The normalized spacial score (nSPS) is 28.4. The summed E-state index contributed by atoms with van der Waals surface area (Å²) in [6.07, 6.45) is 4.40. The number of carbonyl (C=O) groups is 1. The molecule has 0 aromatic carbocycles. The zero-order chi connectivity index (χ0) is 15.6. The van der Waals surface area contributed by atoms with E-state index in [2.05, 4.69) is 10.2 Å². The molecule has 0 radical (unpaired) electrons. The molecule has 2 heterocycles. The van der Waals surface area contributed by atoms with E-state index in [0.29, 0.717) is 19.1 Å². The van der Waals surface area contributed by atoms with Crippen molar-refractivity contribution in [3.63, 3.8) is 0 Å². The second kappa shape index (κ2) is 6.84. The fourth-order valence-electron chi connectivity index (χ4n) is 3.94. The van der Waals surface area contributed by atoms with Crippen molar-refractivity contribution >= 4 is 15.7 Å². The van der Waals surface area contributed by atoms with Crippen LogP contribution in [0.15, 0.2) is 0 Å². The highest BCUT2D eigenvalue weighted by Crippen LogP contribution is 2.26. The molecule has 126 valence electrons. The number of sulfone groups is 1. The predicted octanol–water partition coefficient (Wildman–Crippen LogP) is -0.150. The third kappa shape index (κ3) is 3.63. The lowest BCUT2D eigenvalue weighted by Gasteiger charge is -2.32. The third-order valence-corrected chi connectivity index (χ3v) is 7.46. The molecule has 1 saturated carbocycles. The highest BCUT2D eigenvalue weighted by atomic mass is 32.2. The molecule has 1 aliphatic carbocycles. The van der Waals surface area contributed by atoms with Crippen LogP contribution in [0.5, 0.6) is 0 Å². The summed E-state index contributed by atoms with van der Waals surface area (Å²) in [6, 6.07) is 0.403. The van der Waals surface area contributed by atoms with Gasteiger partial charge in [-0.15, -0.1) is 0 Å². The molecule has 3 fully saturated rings. The van der Waals surface area contributed by atoms with Gasteiger partial charge in [-0.25, -0.2) is 8.42 Å². The standard InChI is InChI=1S/C15H27N3O3S/c19-15(12-22(20,21)14-3-1-2-4-14)18-8-5-13(11-18)17-9-6-16-7-10-17/h13-14,16H,1-12H2. The van der Waals surface area contributed by atoms with E-state index < -0.39 is 9.84 Å². The molecule has 6 nitrogen and oxygen atoms in total. The first-order chi connectivity index (χ1) is 10.6. The molecule has 2 aliphatic heterocycles. The monoisotopic (exact) mass is 329 g/mol. The Bertz CT molecular complexity index is 496. The van der Waals surface area contributed by atoms with Gasteiger partial charge in [0.1, 0.15) is 5.75 Å². The number of amides is 1. The van der Waals surface area contributed by atoms with E-state index >= 15 is 0 Å². The van der Waals surface area contributed by atoms with Crippen LogP contribution in [0.3, 0.4) is 0 Å². The zero-order valence-corrected chi connectivity index (χ0v) is 14.0. The molecule has 3 aliphatic rings. The maximum Gasteiger partial charge on any atom is 0.237 e. The summed E-state index contributed by atoms with van der Waals surface area (Å²) in [6.45, 7) is 5.44. The number of hydrogen-bond donors (Lipinski definition) is 1. The van der Waals surface area contributed by atoms with E-state index in [1.807, 2.05) is 0 Å². The molecule has 1 unspecified atom stereocenters.